The van der Waals surface area contributed by atoms with E-state index >= 15 is 0 Å². The molecule has 2 rings (SSSR count). The molecule has 1 heterocycles. The van der Waals surface area contributed by atoms with Crippen LogP contribution in [-0.4, -0.2) is 63.7 Å². The number of aromatic amines is 1. The number of para-hydroxylation sites is 1. The second-order valence-electron chi connectivity index (χ2n) is 8.21. The van der Waals surface area contributed by atoms with Crippen LogP contribution in [0.4, 0.5) is 0 Å². The number of carbonyl (C=O) groups excluding carboxylic acids is 3. The summed E-state index contributed by atoms with van der Waals surface area (Å²) in [7, 11) is 0. The SMILES string of the molecule is CC(NC(=O)C(CS)NC(=O)C(N)C(C)C)C(=O)NC(Cc1c[nH]c2ccccc12)C(=O)O. The van der Waals surface area contributed by atoms with Gasteiger partial charge in [-0.15, -0.1) is 0 Å². The smallest absolute Gasteiger partial charge is 0.326 e. The molecule has 2 aromatic rings. The van der Waals surface area contributed by atoms with E-state index in [0.717, 1.165) is 16.5 Å². The van der Waals surface area contributed by atoms with Crippen LogP contribution in [0.5, 0.6) is 0 Å². The number of fused-ring (bicyclic) bond motifs is 1. The van der Waals surface area contributed by atoms with Crippen LogP contribution >= 0.6 is 12.6 Å². The van der Waals surface area contributed by atoms with Gasteiger partial charge in [0, 0.05) is 29.3 Å². The summed E-state index contributed by atoms with van der Waals surface area (Å²) in [6.07, 6.45) is 1.77. The predicted octanol–water partition coefficient (Wildman–Crippen LogP) is 0.182. The molecule has 0 spiro atoms. The van der Waals surface area contributed by atoms with Crippen LogP contribution < -0.4 is 21.7 Å². The predicted molar refractivity (Wildman–Crippen MR) is 128 cm³/mol. The van der Waals surface area contributed by atoms with Gasteiger partial charge in [0.2, 0.25) is 17.7 Å². The summed E-state index contributed by atoms with van der Waals surface area (Å²) in [5.41, 5.74) is 7.40. The van der Waals surface area contributed by atoms with Crippen molar-refractivity contribution >= 4 is 47.2 Å². The van der Waals surface area contributed by atoms with Crippen LogP contribution in [0.3, 0.4) is 0 Å². The highest BCUT2D eigenvalue weighted by Crippen LogP contribution is 2.19. The van der Waals surface area contributed by atoms with Crippen molar-refractivity contribution in [1.82, 2.24) is 20.9 Å². The van der Waals surface area contributed by atoms with Gasteiger partial charge in [0.1, 0.15) is 18.1 Å². The zero-order chi connectivity index (χ0) is 24.7. The zero-order valence-corrected chi connectivity index (χ0v) is 19.7. The van der Waals surface area contributed by atoms with Crippen molar-refractivity contribution in [2.45, 2.75) is 51.4 Å². The molecule has 0 aliphatic rings. The largest absolute Gasteiger partial charge is 0.480 e. The first-order valence-corrected chi connectivity index (χ1v) is 11.2. The normalized spacial score (nSPS) is 14.8. The van der Waals surface area contributed by atoms with E-state index in [9.17, 15) is 24.3 Å². The van der Waals surface area contributed by atoms with Gasteiger partial charge in [0.05, 0.1) is 6.04 Å². The van der Waals surface area contributed by atoms with Crippen LogP contribution in [0.1, 0.15) is 26.3 Å². The molecule has 0 radical (unpaired) electrons. The maximum atomic E-state index is 12.6. The number of rotatable bonds is 11. The van der Waals surface area contributed by atoms with Crippen LogP contribution in [0.25, 0.3) is 10.9 Å². The fraction of sp³-hybridized carbons (Fsp3) is 0.455. The molecule has 3 amide bonds. The van der Waals surface area contributed by atoms with E-state index in [4.69, 9.17) is 5.73 Å². The Morgan fingerprint density at radius 1 is 1.00 bits per heavy atom. The van der Waals surface area contributed by atoms with E-state index in [1.165, 1.54) is 6.92 Å². The lowest BCUT2D eigenvalue weighted by atomic mass is 10.0. The highest BCUT2D eigenvalue weighted by atomic mass is 32.1. The van der Waals surface area contributed by atoms with Crippen molar-refractivity contribution in [3.63, 3.8) is 0 Å². The van der Waals surface area contributed by atoms with Crippen molar-refractivity contribution in [3.05, 3.63) is 36.0 Å². The van der Waals surface area contributed by atoms with E-state index in [0.29, 0.717) is 0 Å². The second kappa shape index (κ2) is 11.7. The van der Waals surface area contributed by atoms with Crippen molar-refractivity contribution in [3.8, 4) is 0 Å². The first kappa shape index (κ1) is 26.2. The molecule has 10 nitrogen and oxygen atoms in total. The highest BCUT2D eigenvalue weighted by molar-refractivity contribution is 7.80. The molecule has 1 aromatic carbocycles. The maximum Gasteiger partial charge on any atom is 0.326 e. The van der Waals surface area contributed by atoms with Crippen molar-refractivity contribution in [2.24, 2.45) is 11.7 Å². The standard InChI is InChI=1S/C22H31N5O5S/c1-11(2)18(23)21(30)27-17(10-33)20(29)25-12(3)19(28)26-16(22(31)32)8-13-9-24-15-7-5-4-6-14(13)15/h4-7,9,11-12,16-18,24,33H,8,10,23H2,1-3H3,(H,25,29)(H,26,28)(H,27,30)(H,31,32). The third kappa shape index (κ3) is 6.96. The Bertz CT molecular complexity index is 1010. The Balaban J connectivity index is 1.99. The number of nitrogens with two attached hydrogens (primary N) is 1. The molecule has 0 aliphatic carbocycles. The number of carboxylic acids is 1. The number of carbonyl (C=O) groups is 4. The molecule has 1 aromatic heterocycles. The third-order valence-electron chi connectivity index (χ3n) is 5.30. The van der Waals surface area contributed by atoms with Gasteiger partial charge in [-0.05, 0) is 24.5 Å². The number of carboxylic acid groups (broad SMARTS) is 1. The van der Waals surface area contributed by atoms with E-state index in [1.807, 2.05) is 24.3 Å². The molecule has 0 bridgehead atoms. The molecule has 4 unspecified atom stereocenters. The lowest BCUT2D eigenvalue weighted by molar-refractivity contribution is -0.142. The minimum Gasteiger partial charge on any atom is -0.480 e. The maximum absolute atomic E-state index is 12.6. The molecule has 0 saturated heterocycles. The summed E-state index contributed by atoms with van der Waals surface area (Å²) in [4.78, 5) is 52.1. The summed E-state index contributed by atoms with van der Waals surface area (Å²) in [6.45, 7) is 4.98. The van der Waals surface area contributed by atoms with Crippen LogP contribution in [0.2, 0.25) is 0 Å². The van der Waals surface area contributed by atoms with E-state index in [1.54, 1.807) is 20.0 Å². The molecule has 11 heteroatoms. The molecule has 0 fully saturated rings. The number of aliphatic carboxylic acids is 1. The number of amides is 3. The number of benzene rings is 1. The Labute approximate surface area is 197 Å². The average Bonchev–Trinajstić information content (AvgIpc) is 3.18. The topological polar surface area (TPSA) is 166 Å². The molecule has 33 heavy (non-hydrogen) atoms. The number of H-pyrrole nitrogens is 1. The molecule has 4 atom stereocenters. The van der Waals surface area contributed by atoms with Gasteiger partial charge in [0.15, 0.2) is 0 Å². The van der Waals surface area contributed by atoms with E-state index in [-0.39, 0.29) is 18.1 Å². The van der Waals surface area contributed by atoms with Gasteiger partial charge >= 0.3 is 5.97 Å². The van der Waals surface area contributed by atoms with Gasteiger partial charge < -0.3 is 31.8 Å². The molecule has 7 N–H and O–H groups in total. The minimum absolute atomic E-state index is 0.00492. The minimum atomic E-state index is -1.20. The summed E-state index contributed by atoms with van der Waals surface area (Å²) in [6, 6.07) is 3.42. The number of thiol groups is 1. The van der Waals surface area contributed by atoms with Gasteiger partial charge in [-0.1, -0.05) is 32.0 Å². The summed E-state index contributed by atoms with van der Waals surface area (Å²) < 4.78 is 0. The first-order chi connectivity index (χ1) is 15.5. The average molecular weight is 478 g/mol. The molecule has 0 aliphatic heterocycles. The Kier molecular flexibility index (Phi) is 9.30. The van der Waals surface area contributed by atoms with Gasteiger partial charge in [-0.25, -0.2) is 4.79 Å². The van der Waals surface area contributed by atoms with Gasteiger partial charge in [-0.3, -0.25) is 14.4 Å². The number of hydrogen-bond donors (Lipinski definition) is 7. The molecular weight excluding hydrogens is 446 g/mol. The number of aromatic nitrogens is 1. The van der Waals surface area contributed by atoms with E-state index in [2.05, 4.69) is 33.6 Å². The monoisotopic (exact) mass is 477 g/mol. The molecular formula is C22H31N5O5S. The second-order valence-corrected chi connectivity index (χ2v) is 8.57. The Morgan fingerprint density at radius 2 is 1.64 bits per heavy atom. The fourth-order valence-corrected chi connectivity index (χ4v) is 3.42. The van der Waals surface area contributed by atoms with E-state index < -0.39 is 47.9 Å². The Morgan fingerprint density at radius 3 is 2.24 bits per heavy atom. The van der Waals surface area contributed by atoms with Gasteiger partial charge in [-0.2, -0.15) is 12.6 Å². The quantitative estimate of drug-likeness (QED) is 0.228. The van der Waals surface area contributed by atoms with Crippen LogP contribution in [0.15, 0.2) is 30.5 Å². The van der Waals surface area contributed by atoms with Crippen molar-refractivity contribution in [2.75, 3.05) is 5.75 Å². The van der Waals surface area contributed by atoms with Crippen molar-refractivity contribution in [1.29, 1.82) is 0 Å². The summed E-state index contributed by atoms with van der Waals surface area (Å²) >= 11 is 4.09. The number of nitrogens with one attached hydrogen (secondary N) is 4. The lowest BCUT2D eigenvalue weighted by Crippen LogP contribution is -2.57. The summed E-state index contributed by atoms with van der Waals surface area (Å²) in [5, 5.41) is 17.9. The highest BCUT2D eigenvalue weighted by Gasteiger charge is 2.28. The molecule has 0 saturated carbocycles. The third-order valence-corrected chi connectivity index (χ3v) is 5.67. The first-order valence-electron chi connectivity index (χ1n) is 10.6. The number of hydrogen-bond acceptors (Lipinski definition) is 6. The molecule has 180 valence electrons. The van der Waals surface area contributed by atoms with Crippen LogP contribution in [-0.2, 0) is 25.6 Å². The summed E-state index contributed by atoms with van der Waals surface area (Å²) in [5.74, 6) is -3.12. The lowest BCUT2D eigenvalue weighted by Gasteiger charge is -2.23. The fourth-order valence-electron chi connectivity index (χ4n) is 3.16. The van der Waals surface area contributed by atoms with Crippen molar-refractivity contribution < 1.29 is 24.3 Å². The zero-order valence-electron chi connectivity index (χ0n) is 18.8. The Hall–Kier alpha value is -3.05. The van der Waals surface area contributed by atoms with Gasteiger partial charge in [0.25, 0.3) is 0 Å². The van der Waals surface area contributed by atoms with Crippen LogP contribution in [0, 0.1) is 5.92 Å².